The van der Waals surface area contributed by atoms with E-state index in [1.54, 1.807) is 4.90 Å². The minimum atomic E-state index is -0.00273. The van der Waals surface area contributed by atoms with E-state index in [0.717, 1.165) is 19.4 Å². The Balaban J connectivity index is 2.48. The standard InChI is InChI=1S/C11H18N2O/c1-3-9-13(4-2)11(14)10-7-5-6-8-12-10/h1,10,12H,4-9H2,2H3. The molecule has 14 heavy (non-hydrogen) atoms. The van der Waals surface area contributed by atoms with Gasteiger partial charge in [-0.3, -0.25) is 4.79 Å². The molecule has 1 aliphatic rings. The number of piperidine rings is 1. The average Bonchev–Trinajstić information content (AvgIpc) is 2.26. The highest BCUT2D eigenvalue weighted by atomic mass is 16.2. The average molecular weight is 194 g/mol. The third kappa shape index (κ3) is 2.74. The molecule has 1 unspecified atom stereocenters. The fraction of sp³-hybridized carbons (Fsp3) is 0.727. The predicted octanol–water partition coefficient (Wildman–Crippen LogP) is 0.610. The predicted molar refractivity (Wildman–Crippen MR) is 56.7 cm³/mol. The Kier molecular flexibility index (Phi) is 4.48. The van der Waals surface area contributed by atoms with Crippen LogP contribution in [0.5, 0.6) is 0 Å². The summed E-state index contributed by atoms with van der Waals surface area (Å²) in [5.41, 5.74) is 0. The second kappa shape index (κ2) is 5.66. The molecule has 0 spiro atoms. The van der Waals surface area contributed by atoms with Crippen LogP contribution in [-0.2, 0) is 4.79 Å². The number of nitrogens with zero attached hydrogens (tertiary/aromatic N) is 1. The third-order valence-electron chi connectivity index (χ3n) is 2.58. The second-order valence-electron chi connectivity index (χ2n) is 3.56. The smallest absolute Gasteiger partial charge is 0.240 e. The lowest BCUT2D eigenvalue weighted by Crippen LogP contribution is -2.48. The van der Waals surface area contributed by atoms with E-state index in [1.165, 1.54) is 6.42 Å². The number of likely N-dealkylation sites (N-methyl/N-ethyl adjacent to an activating group) is 1. The molecule has 1 amide bonds. The van der Waals surface area contributed by atoms with Gasteiger partial charge in [-0.25, -0.2) is 0 Å². The first-order chi connectivity index (χ1) is 6.79. The van der Waals surface area contributed by atoms with Crippen LogP contribution >= 0.6 is 0 Å². The Morgan fingerprint density at radius 2 is 2.43 bits per heavy atom. The Morgan fingerprint density at radius 3 is 2.93 bits per heavy atom. The number of terminal acetylenes is 1. The lowest BCUT2D eigenvalue weighted by atomic mass is 10.0. The van der Waals surface area contributed by atoms with Gasteiger partial charge < -0.3 is 10.2 Å². The lowest BCUT2D eigenvalue weighted by Gasteiger charge is -2.28. The summed E-state index contributed by atoms with van der Waals surface area (Å²) in [5, 5.41) is 3.23. The van der Waals surface area contributed by atoms with E-state index in [4.69, 9.17) is 6.42 Å². The Bertz CT molecular complexity index is 226. The quantitative estimate of drug-likeness (QED) is 0.668. The Morgan fingerprint density at radius 1 is 1.64 bits per heavy atom. The molecule has 78 valence electrons. The monoisotopic (exact) mass is 194 g/mol. The molecule has 1 atom stereocenters. The van der Waals surface area contributed by atoms with Crippen LogP contribution in [0.2, 0.25) is 0 Å². The highest BCUT2D eigenvalue weighted by Gasteiger charge is 2.23. The number of carbonyl (C=O) groups is 1. The van der Waals surface area contributed by atoms with E-state index in [9.17, 15) is 4.79 Å². The molecule has 0 aromatic carbocycles. The summed E-state index contributed by atoms with van der Waals surface area (Å²) >= 11 is 0. The summed E-state index contributed by atoms with van der Waals surface area (Å²) in [6.07, 6.45) is 8.46. The first-order valence-corrected chi connectivity index (χ1v) is 5.25. The van der Waals surface area contributed by atoms with Gasteiger partial charge in [0.2, 0.25) is 5.91 Å². The zero-order valence-corrected chi connectivity index (χ0v) is 8.75. The molecule has 1 fully saturated rings. The van der Waals surface area contributed by atoms with Crippen molar-refractivity contribution in [2.45, 2.75) is 32.2 Å². The zero-order valence-electron chi connectivity index (χ0n) is 8.75. The molecule has 1 rings (SSSR count). The number of amides is 1. The lowest BCUT2D eigenvalue weighted by molar-refractivity contribution is -0.133. The highest BCUT2D eigenvalue weighted by Crippen LogP contribution is 2.09. The van der Waals surface area contributed by atoms with Crippen molar-refractivity contribution in [3.8, 4) is 12.3 Å². The molecule has 0 saturated carbocycles. The maximum atomic E-state index is 11.9. The summed E-state index contributed by atoms with van der Waals surface area (Å²) in [7, 11) is 0. The van der Waals surface area contributed by atoms with Crippen molar-refractivity contribution < 1.29 is 4.79 Å². The van der Waals surface area contributed by atoms with Crippen LogP contribution in [0.1, 0.15) is 26.2 Å². The summed E-state index contributed by atoms with van der Waals surface area (Å²) in [6.45, 7) is 4.02. The molecule has 3 nitrogen and oxygen atoms in total. The van der Waals surface area contributed by atoms with Crippen LogP contribution in [0.15, 0.2) is 0 Å². The molecule has 1 aliphatic heterocycles. The van der Waals surface area contributed by atoms with E-state index in [1.807, 2.05) is 6.92 Å². The zero-order chi connectivity index (χ0) is 10.4. The number of carbonyl (C=O) groups excluding carboxylic acids is 1. The van der Waals surface area contributed by atoms with Crippen molar-refractivity contribution in [1.29, 1.82) is 0 Å². The first kappa shape index (κ1) is 11.1. The van der Waals surface area contributed by atoms with Crippen molar-refractivity contribution in [3.63, 3.8) is 0 Å². The Labute approximate surface area is 85.9 Å². The molecule has 1 saturated heterocycles. The van der Waals surface area contributed by atoms with Crippen LogP contribution in [0.3, 0.4) is 0 Å². The van der Waals surface area contributed by atoms with Gasteiger partial charge in [0.1, 0.15) is 0 Å². The van der Waals surface area contributed by atoms with Gasteiger partial charge in [-0.05, 0) is 26.3 Å². The van der Waals surface area contributed by atoms with Crippen LogP contribution < -0.4 is 5.32 Å². The van der Waals surface area contributed by atoms with Crippen LogP contribution in [-0.4, -0.2) is 36.5 Å². The first-order valence-electron chi connectivity index (χ1n) is 5.25. The van der Waals surface area contributed by atoms with Crippen LogP contribution in [0, 0.1) is 12.3 Å². The van der Waals surface area contributed by atoms with Gasteiger partial charge in [0, 0.05) is 6.54 Å². The van der Waals surface area contributed by atoms with Crippen LogP contribution in [0.4, 0.5) is 0 Å². The van der Waals surface area contributed by atoms with Gasteiger partial charge >= 0.3 is 0 Å². The Hall–Kier alpha value is -1.01. The topological polar surface area (TPSA) is 32.3 Å². The van der Waals surface area contributed by atoms with Gasteiger partial charge in [0.15, 0.2) is 0 Å². The van der Waals surface area contributed by atoms with Crippen molar-refractivity contribution in [1.82, 2.24) is 10.2 Å². The minimum absolute atomic E-state index is 0.00273. The van der Waals surface area contributed by atoms with Gasteiger partial charge in [0.25, 0.3) is 0 Å². The van der Waals surface area contributed by atoms with Crippen LogP contribution in [0.25, 0.3) is 0 Å². The molecule has 0 bridgehead atoms. The summed E-state index contributed by atoms with van der Waals surface area (Å²) in [4.78, 5) is 13.6. The molecule has 3 heteroatoms. The number of hydrogen-bond donors (Lipinski definition) is 1. The van der Waals surface area contributed by atoms with Crippen molar-refractivity contribution in [3.05, 3.63) is 0 Å². The normalized spacial score (nSPS) is 21.3. The molecule has 0 aromatic rings. The van der Waals surface area contributed by atoms with E-state index in [-0.39, 0.29) is 11.9 Å². The number of rotatable bonds is 3. The molecule has 0 radical (unpaired) electrons. The molecule has 1 N–H and O–H groups in total. The van der Waals surface area contributed by atoms with Crippen molar-refractivity contribution >= 4 is 5.91 Å². The molecule has 0 aliphatic carbocycles. The molecular weight excluding hydrogens is 176 g/mol. The SMILES string of the molecule is C#CCN(CC)C(=O)C1CCCCN1. The van der Waals surface area contributed by atoms with Gasteiger partial charge in [0.05, 0.1) is 12.6 Å². The van der Waals surface area contributed by atoms with Gasteiger partial charge in [-0.15, -0.1) is 6.42 Å². The maximum absolute atomic E-state index is 11.9. The highest BCUT2D eigenvalue weighted by molar-refractivity contribution is 5.82. The molecule has 1 heterocycles. The summed E-state index contributed by atoms with van der Waals surface area (Å²) in [6, 6.07) is -0.00273. The van der Waals surface area contributed by atoms with E-state index in [2.05, 4.69) is 11.2 Å². The third-order valence-corrected chi connectivity index (χ3v) is 2.58. The molecule has 0 aromatic heterocycles. The summed E-state index contributed by atoms with van der Waals surface area (Å²) < 4.78 is 0. The van der Waals surface area contributed by atoms with Crippen molar-refractivity contribution in [2.24, 2.45) is 0 Å². The fourth-order valence-corrected chi connectivity index (χ4v) is 1.74. The van der Waals surface area contributed by atoms with E-state index in [0.29, 0.717) is 13.1 Å². The van der Waals surface area contributed by atoms with Gasteiger partial charge in [-0.2, -0.15) is 0 Å². The van der Waals surface area contributed by atoms with E-state index < -0.39 is 0 Å². The summed E-state index contributed by atoms with van der Waals surface area (Å²) in [5.74, 6) is 2.67. The minimum Gasteiger partial charge on any atom is -0.330 e. The largest absolute Gasteiger partial charge is 0.330 e. The second-order valence-corrected chi connectivity index (χ2v) is 3.56. The van der Waals surface area contributed by atoms with E-state index >= 15 is 0 Å². The molecular formula is C11H18N2O. The van der Waals surface area contributed by atoms with Gasteiger partial charge in [-0.1, -0.05) is 12.3 Å². The fourth-order valence-electron chi connectivity index (χ4n) is 1.74. The van der Waals surface area contributed by atoms with Crippen molar-refractivity contribution in [2.75, 3.05) is 19.6 Å². The number of nitrogens with one attached hydrogen (secondary N) is 1. The maximum Gasteiger partial charge on any atom is 0.240 e. The number of hydrogen-bond acceptors (Lipinski definition) is 2.